The van der Waals surface area contributed by atoms with Crippen LogP contribution in [-0.4, -0.2) is 36.0 Å². The van der Waals surface area contributed by atoms with E-state index in [1.807, 2.05) is 27.7 Å². The third kappa shape index (κ3) is 3.22. The van der Waals surface area contributed by atoms with Gasteiger partial charge in [0.05, 0.1) is 12.6 Å². The Bertz CT molecular complexity index is 198. The number of hydrogen-bond donors (Lipinski definition) is 0. The van der Waals surface area contributed by atoms with Crippen LogP contribution in [0, 0.1) is 0 Å². The summed E-state index contributed by atoms with van der Waals surface area (Å²) >= 11 is 0. The lowest BCUT2D eigenvalue weighted by atomic mass is 10.2. The van der Waals surface area contributed by atoms with Crippen molar-refractivity contribution in [1.29, 1.82) is 0 Å². The summed E-state index contributed by atoms with van der Waals surface area (Å²) in [5, 5.41) is 0. The molecule has 0 saturated carbocycles. The first kappa shape index (κ1) is 10.3. The molecule has 1 saturated heterocycles. The third-order valence-corrected chi connectivity index (χ3v) is 1.64. The average molecular weight is 187 g/mol. The summed E-state index contributed by atoms with van der Waals surface area (Å²) in [5.41, 5.74) is -0.428. The van der Waals surface area contributed by atoms with Crippen molar-refractivity contribution in [2.24, 2.45) is 0 Å². The van der Waals surface area contributed by atoms with Crippen molar-refractivity contribution in [3.05, 3.63) is 0 Å². The molecule has 1 aliphatic heterocycles. The minimum atomic E-state index is -0.428. The lowest BCUT2D eigenvalue weighted by Crippen LogP contribution is -2.35. The van der Waals surface area contributed by atoms with Crippen molar-refractivity contribution in [2.75, 3.05) is 13.3 Å². The summed E-state index contributed by atoms with van der Waals surface area (Å²) in [6.45, 7) is 8.46. The second-order valence-electron chi connectivity index (χ2n) is 4.31. The molecule has 0 aromatic heterocycles. The largest absolute Gasteiger partial charge is 0.444 e. The molecular weight excluding hydrogens is 170 g/mol. The molecule has 1 atom stereocenters. The molecule has 76 valence electrons. The van der Waals surface area contributed by atoms with Gasteiger partial charge in [-0.15, -0.1) is 0 Å². The zero-order valence-electron chi connectivity index (χ0n) is 8.66. The molecule has 1 amide bonds. The van der Waals surface area contributed by atoms with E-state index in [-0.39, 0.29) is 12.2 Å². The highest BCUT2D eigenvalue weighted by Gasteiger charge is 2.27. The van der Waals surface area contributed by atoms with Gasteiger partial charge in [0, 0.05) is 0 Å². The Labute approximate surface area is 78.8 Å². The quantitative estimate of drug-likeness (QED) is 0.578. The molecule has 0 bridgehead atoms. The second kappa shape index (κ2) is 3.54. The van der Waals surface area contributed by atoms with Crippen LogP contribution in [0.2, 0.25) is 0 Å². The van der Waals surface area contributed by atoms with Crippen LogP contribution < -0.4 is 0 Å². The van der Waals surface area contributed by atoms with E-state index in [1.54, 1.807) is 4.90 Å². The van der Waals surface area contributed by atoms with Crippen LogP contribution in [-0.2, 0) is 9.47 Å². The number of nitrogens with zero attached hydrogens (tertiary/aromatic N) is 1. The summed E-state index contributed by atoms with van der Waals surface area (Å²) < 4.78 is 10.4. The summed E-state index contributed by atoms with van der Waals surface area (Å²) in [6, 6.07) is 0. The molecule has 4 heteroatoms. The minimum Gasteiger partial charge on any atom is -0.444 e. The summed E-state index contributed by atoms with van der Waals surface area (Å²) in [7, 11) is 0. The van der Waals surface area contributed by atoms with E-state index < -0.39 is 5.60 Å². The molecule has 0 N–H and O–H groups in total. The minimum absolute atomic E-state index is 0.118. The standard InChI is InChI=1S/C9H17NO3/c1-7-5-10(6-12-7)8(11)13-9(2,3)4/h7H,5-6H2,1-4H3. The highest BCUT2D eigenvalue weighted by Crippen LogP contribution is 2.13. The molecule has 0 radical (unpaired) electrons. The van der Waals surface area contributed by atoms with Crippen molar-refractivity contribution < 1.29 is 14.3 Å². The molecule has 0 spiro atoms. The molecule has 0 aliphatic carbocycles. The summed E-state index contributed by atoms with van der Waals surface area (Å²) in [5.74, 6) is 0. The van der Waals surface area contributed by atoms with Gasteiger partial charge in [-0.2, -0.15) is 0 Å². The van der Waals surface area contributed by atoms with Crippen LogP contribution in [0.15, 0.2) is 0 Å². The molecule has 0 aromatic carbocycles. The van der Waals surface area contributed by atoms with Crippen LogP contribution in [0.3, 0.4) is 0 Å². The predicted octanol–water partition coefficient (Wildman–Crippen LogP) is 1.60. The number of hydrogen-bond acceptors (Lipinski definition) is 3. The predicted molar refractivity (Wildman–Crippen MR) is 48.4 cm³/mol. The van der Waals surface area contributed by atoms with Gasteiger partial charge in [0.15, 0.2) is 0 Å². The first-order valence-corrected chi connectivity index (χ1v) is 4.48. The fraction of sp³-hybridized carbons (Fsp3) is 0.889. The Kier molecular flexibility index (Phi) is 2.81. The lowest BCUT2D eigenvalue weighted by molar-refractivity contribution is 0.0191. The maximum Gasteiger partial charge on any atom is 0.412 e. The molecule has 4 nitrogen and oxygen atoms in total. The topological polar surface area (TPSA) is 38.8 Å². The van der Waals surface area contributed by atoms with Crippen LogP contribution in [0.25, 0.3) is 0 Å². The van der Waals surface area contributed by atoms with Gasteiger partial charge in [-0.1, -0.05) is 0 Å². The van der Waals surface area contributed by atoms with Crippen molar-refractivity contribution >= 4 is 6.09 Å². The van der Waals surface area contributed by atoms with Crippen LogP contribution in [0.1, 0.15) is 27.7 Å². The fourth-order valence-electron chi connectivity index (χ4n) is 1.09. The van der Waals surface area contributed by atoms with Gasteiger partial charge in [0.25, 0.3) is 0 Å². The maximum atomic E-state index is 11.4. The molecule has 1 fully saturated rings. The van der Waals surface area contributed by atoms with E-state index in [9.17, 15) is 4.79 Å². The number of rotatable bonds is 0. The number of amides is 1. The third-order valence-electron chi connectivity index (χ3n) is 1.64. The molecular formula is C9H17NO3. The molecule has 13 heavy (non-hydrogen) atoms. The van der Waals surface area contributed by atoms with Gasteiger partial charge in [-0.25, -0.2) is 4.79 Å². The van der Waals surface area contributed by atoms with Gasteiger partial charge in [-0.3, -0.25) is 4.90 Å². The van der Waals surface area contributed by atoms with Gasteiger partial charge in [0.2, 0.25) is 0 Å². The zero-order chi connectivity index (χ0) is 10.1. The monoisotopic (exact) mass is 187 g/mol. The molecule has 1 aliphatic rings. The van der Waals surface area contributed by atoms with Crippen LogP contribution in [0.4, 0.5) is 4.79 Å². The van der Waals surface area contributed by atoms with Crippen LogP contribution >= 0.6 is 0 Å². The molecule has 1 unspecified atom stereocenters. The van der Waals surface area contributed by atoms with Gasteiger partial charge in [0.1, 0.15) is 12.3 Å². The smallest absolute Gasteiger partial charge is 0.412 e. The first-order valence-electron chi connectivity index (χ1n) is 4.48. The summed E-state index contributed by atoms with van der Waals surface area (Å²) in [4.78, 5) is 13.0. The highest BCUT2D eigenvalue weighted by atomic mass is 16.6. The van der Waals surface area contributed by atoms with Gasteiger partial charge < -0.3 is 9.47 Å². The van der Waals surface area contributed by atoms with E-state index >= 15 is 0 Å². The molecule has 0 aromatic rings. The SMILES string of the molecule is CC1CN(C(=O)OC(C)(C)C)CO1. The Balaban J connectivity index is 2.41. The highest BCUT2D eigenvalue weighted by molar-refractivity contribution is 5.68. The van der Waals surface area contributed by atoms with Crippen LogP contribution in [0.5, 0.6) is 0 Å². The van der Waals surface area contributed by atoms with E-state index in [4.69, 9.17) is 9.47 Å². The Hall–Kier alpha value is -0.770. The average Bonchev–Trinajstić information content (AvgIpc) is 2.31. The van der Waals surface area contributed by atoms with Crippen molar-refractivity contribution in [1.82, 2.24) is 4.90 Å². The first-order chi connectivity index (χ1) is 5.88. The van der Waals surface area contributed by atoms with E-state index in [0.717, 1.165) is 0 Å². The Morgan fingerprint density at radius 1 is 1.54 bits per heavy atom. The lowest BCUT2D eigenvalue weighted by Gasteiger charge is -2.23. The fourth-order valence-corrected chi connectivity index (χ4v) is 1.09. The van der Waals surface area contributed by atoms with Crippen molar-refractivity contribution in [2.45, 2.75) is 39.4 Å². The van der Waals surface area contributed by atoms with Crippen molar-refractivity contribution in [3.8, 4) is 0 Å². The number of carbonyl (C=O) groups excluding carboxylic acids is 1. The van der Waals surface area contributed by atoms with E-state index in [0.29, 0.717) is 13.3 Å². The Morgan fingerprint density at radius 2 is 2.15 bits per heavy atom. The van der Waals surface area contributed by atoms with Gasteiger partial charge >= 0.3 is 6.09 Å². The normalized spacial score (nSPS) is 23.4. The second-order valence-corrected chi connectivity index (χ2v) is 4.31. The van der Waals surface area contributed by atoms with Gasteiger partial charge in [-0.05, 0) is 27.7 Å². The number of carbonyl (C=O) groups is 1. The Morgan fingerprint density at radius 3 is 2.54 bits per heavy atom. The number of ether oxygens (including phenoxy) is 2. The maximum absolute atomic E-state index is 11.4. The summed E-state index contributed by atoms with van der Waals surface area (Å²) in [6.07, 6.45) is -0.177. The van der Waals surface area contributed by atoms with Crippen molar-refractivity contribution in [3.63, 3.8) is 0 Å². The zero-order valence-corrected chi connectivity index (χ0v) is 8.66. The molecule has 1 heterocycles. The van der Waals surface area contributed by atoms with E-state index in [2.05, 4.69) is 0 Å². The van der Waals surface area contributed by atoms with E-state index in [1.165, 1.54) is 0 Å². The molecule has 1 rings (SSSR count).